The minimum atomic E-state index is 0.0679. The van der Waals surface area contributed by atoms with Crippen LogP contribution in [-0.2, 0) is 0 Å². The average Bonchev–Trinajstić information content (AvgIpc) is 2.44. The SMILES string of the molecule is COc1ccc(C(=O)CSc2cccc(Cl)c2)cc1Br. The van der Waals surface area contributed by atoms with Gasteiger partial charge in [-0.25, -0.2) is 0 Å². The molecule has 0 unspecified atom stereocenters. The zero-order valence-corrected chi connectivity index (χ0v) is 13.9. The highest BCUT2D eigenvalue weighted by Gasteiger charge is 2.09. The van der Waals surface area contributed by atoms with E-state index in [4.69, 9.17) is 16.3 Å². The maximum Gasteiger partial charge on any atom is 0.173 e. The minimum Gasteiger partial charge on any atom is -0.496 e. The Kier molecular flexibility index (Phi) is 5.52. The number of hydrogen-bond acceptors (Lipinski definition) is 3. The first kappa shape index (κ1) is 15.4. The van der Waals surface area contributed by atoms with Crippen molar-refractivity contribution >= 4 is 45.1 Å². The Morgan fingerprint density at radius 2 is 2.10 bits per heavy atom. The molecular formula is C15H12BrClO2S. The van der Waals surface area contributed by atoms with Crippen LogP contribution >= 0.6 is 39.3 Å². The molecule has 0 aromatic heterocycles. The summed E-state index contributed by atoms with van der Waals surface area (Å²) in [7, 11) is 1.59. The number of carbonyl (C=O) groups is 1. The van der Waals surface area contributed by atoms with Crippen molar-refractivity contribution in [2.45, 2.75) is 4.90 Å². The smallest absolute Gasteiger partial charge is 0.173 e. The Balaban J connectivity index is 2.03. The normalized spacial score (nSPS) is 10.3. The molecule has 0 aliphatic rings. The first-order chi connectivity index (χ1) is 9.60. The van der Waals surface area contributed by atoms with Crippen molar-refractivity contribution in [1.29, 1.82) is 0 Å². The van der Waals surface area contributed by atoms with E-state index >= 15 is 0 Å². The quantitative estimate of drug-likeness (QED) is 0.541. The number of halogens is 2. The molecule has 0 aliphatic heterocycles. The van der Waals surface area contributed by atoms with Crippen LogP contribution in [0.4, 0.5) is 0 Å². The third-order valence-corrected chi connectivity index (χ3v) is 4.49. The van der Waals surface area contributed by atoms with Crippen LogP contribution in [-0.4, -0.2) is 18.6 Å². The summed E-state index contributed by atoms with van der Waals surface area (Å²) >= 11 is 10.8. The van der Waals surface area contributed by atoms with Crippen LogP contribution in [0.2, 0.25) is 5.02 Å². The molecule has 2 rings (SSSR count). The Hall–Kier alpha value is -0.970. The maximum absolute atomic E-state index is 12.1. The molecule has 0 bridgehead atoms. The van der Waals surface area contributed by atoms with Crippen molar-refractivity contribution in [3.8, 4) is 5.75 Å². The van der Waals surface area contributed by atoms with Crippen LogP contribution < -0.4 is 4.74 Å². The molecule has 0 amide bonds. The van der Waals surface area contributed by atoms with Gasteiger partial charge in [-0.2, -0.15) is 0 Å². The van der Waals surface area contributed by atoms with E-state index in [1.165, 1.54) is 11.8 Å². The number of rotatable bonds is 5. The Bertz CT molecular complexity index is 631. The van der Waals surface area contributed by atoms with Crippen LogP contribution in [0, 0.1) is 0 Å². The molecule has 0 saturated heterocycles. The summed E-state index contributed by atoms with van der Waals surface area (Å²) in [6.45, 7) is 0. The zero-order chi connectivity index (χ0) is 14.5. The van der Waals surface area contributed by atoms with Gasteiger partial charge in [-0.1, -0.05) is 17.7 Å². The summed E-state index contributed by atoms with van der Waals surface area (Å²) in [6.07, 6.45) is 0. The standard InChI is InChI=1S/C15H12BrClO2S/c1-19-15-6-5-10(7-13(15)16)14(18)9-20-12-4-2-3-11(17)8-12/h2-8H,9H2,1H3. The van der Waals surface area contributed by atoms with Crippen molar-refractivity contribution in [3.63, 3.8) is 0 Å². The second-order valence-electron chi connectivity index (χ2n) is 4.02. The Morgan fingerprint density at radius 3 is 2.75 bits per heavy atom. The molecule has 0 radical (unpaired) electrons. The van der Waals surface area contributed by atoms with Crippen molar-refractivity contribution in [2.75, 3.05) is 12.9 Å². The lowest BCUT2D eigenvalue weighted by Crippen LogP contribution is -2.02. The fourth-order valence-electron chi connectivity index (χ4n) is 1.63. The molecule has 0 saturated carbocycles. The summed E-state index contributed by atoms with van der Waals surface area (Å²) in [5, 5.41) is 0.676. The van der Waals surface area contributed by atoms with Crippen LogP contribution in [0.1, 0.15) is 10.4 Å². The van der Waals surface area contributed by atoms with Gasteiger partial charge in [0.2, 0.25) is 0 Å². The van der Waals surface area contributed by atoms with Crippen LogP contribution in [0.3, 0.4) is 0 Å². The molecule has 0 atom stereocenters. The van der Waals surface area contributed by atoms with Gasteiger partial charge in [0.1, 0.15) is 5.75 Å². The van der Waals surface area contributed by atoms with Crippen molar-refractivity contribution < 1.29 is 9.53 Å². The third kappa shape index (κ3) is 4.01. The maximum atomic E-state index is 12.1. The lowest BCUT2D eigenvalue weighted by atomic mass is 10.1. The van der Waals surface area contributed by atoms with Crippen LogP contribution in [0.15, 0.2) is 51.8 Å². The van der Waals surface area contributed by atoms with Gasteiger partial charge in [0, 0.05) is 15.5 Å². The van der Waals surface area contributed by atoms with E-state index in [1.807, 2.05) is 24.3 Å². The van der Waals surface area contributed by atoms with E-state index in [9.17, 15) is 4.79 Å². The number of thioether (sulfide) groups is 1. The molecule has 0 fully saturated rings. The number of ether oxygens (including phenoxy) is 1. The fourth-order valence-corrected chi connectivity index (χ4v) is 3.27. The van der Waals surface area contributed by atoms with Gasteiger partial charge in [0.15, 0.2) is 5.78 Å². The van der Waals surface area contributed by atoms with E-state index in [0.717, 1.165) is 9.37 Å². The first-order valence-electron chi connectivity index (χ1n) is 5.85. The largest absolute Gasteiger partial charge is 0.496 e. The summed E-state index contributed by atoms with van der Waals surface area (Å²) in [4.78, 5) is 13.1. The van der Waals surface area contributed by atoms with Gasteiger partial charge < -0.3 is 4.74 Å². The molecule has 5 heteroatoms. The molecule has 0 N–H and O–H groups in total. The van der Waals surface area contributed by atoms with Gasteiger partial charge >= 0.3 is 0 Å². The number of ketones is 1. The monoisotopic (exact) mass is 370 g/mol. The Morgan fingerprint density at radius 1 is 1.30 bits per heavy atom. The molecular weight excluding hydrogens is 360 g/mol. The highest BCUT2D eigenvalue weighted by molar-refractivity contribution is 9.10. The summed E-state index contributed by atoms with van der Waals surface area (Å²) < 4.78 is 5.92. The minimum absolute atomic E-state index is 0.0679. The molecule has 0 heterocycles. The van der Waals surface area contributed by atoms with Crippen molar-refractivity contribution in [1.82, 2.24) is 0 Å². The Labute approximate surface area is 135 Å². The predicted octanol–water partition coefficient (Wildman–Crippen LogP) is 5.09. The average molecular weight is 372 g/mol. The van der Waals surface area contributed by atoms with E-state index in [2.05, 4.69) is 15.9 Å². The van der Waals surface area contributed by atoms with Crippen LogP contribution in [0.25, 0.3) is 0 Å². The van der Waals surface area contributed by atoms with Crippen molar-refractivity contribution in [3.05, 3.63) is 57.5 Å². The predicted molar refractivity (Wildman–Crippen MR) is 87.2 cm³/mol. The van der Waals surface area contributed by atoms with E-state index in [-0.39, 0.29) is 5.78 Å². The summed E-state index contributed by atoms with van der Waals surface area (Å²) in [5.74, 6) is 1.15. The molecule has 104 valence electrons. The topological polar surface area (TPSA) is 26.3 Å². The number of carbonyl (C=O) groups excluding carboxylic acids is 1. The second kappa shape index (κ2) is 7.16. The first-order valence-corrected chi connectivity index (χ1v) is 8.01. The molecule has 0 spiro atoms. The fraction of sp³-hybridized carbons (Fsp3) is 0.133. The van der Waals surface area contributed by atoms with E-state index < -0.39 is 0 Å². The zero-order valence-electron chi connectivity index (χ0n) is 10.7. The number of methoxy groups -OCH3 is 1. The van der Waals surface area contributed by atoms with Gasteiger partial charge in [-0.05, 0) is 52.3 Å². The number of benzene rings is 2. The van der Waals surface area contributed by atoms with Crippen molar-refractivity contribution in [2.24, 2.45) is 0 Å². The lowest BCUT2D eigenvalue weighted by Gasteiger charge is -2.06. The molecule has 0 aliphatic carbocycles. The number of Topliss-reactive ketones (excluding diaryl/α,β-unsaturated/α-hetero) is 1. The van der Waals surface area contributed by atoms with E-state index in [0.29, 0.717) is 22.1 Å². The third-order valence-electron chi connectivity index (χ3n) is 2.64. The van der Waals surface area contributed by atoms with Gasteiger partial charge in [-0.15, -0.1) is 11.8 Å². The number of hydrogen-bond donors (Lipinski definition) is 0. The summed E-state index contributed by atoms with van der Waals surface area (Å²) in [5.41, 5.74) is 0.659. The van der Waals surface area contributed by atoms with Gasteiger partial charge in [-0.3, -0.25) is 4.79 Å². The van der Waals surface area contributed by atoms with Crippen LogP contribution in [0.5, 0.6) is 5.75 Å². The molecule has 2 nitrogen and oxygen atoms in total. The highest BCUT2D eigenvalue weighted by Crippen LogP contribution is 2.27. The highest BCUT2D eigenvalue weighted by atomic mass is 79.9. The van der Waals surface area contributed by atoms with E-state index in [1.54, 1.807) is 25.3 Å². The molecule has 2 aromatic rings. The molecule has 2 aromatic carbocycles. The van der Waals surface area contributed by atoms with Gasteiger partial charge in [0.25, 0.3) is 0 Å². The molecule has 20 heavy (non-hydrogen) atoms. The van der Waals surface area contributed by atoms with Gasteiger partial charge in [0.05, 0.1) is 17.3 Å². The second-order valence-corrected chi connectivity index (χ2v) is 6.36. The lowest BCUT2D eigenvalue weighted by molar-refractivity contribution is 0.102. The summed E-state index contributed by atoms with van der Waals surface area (Å²) in [6, 6.07) is 12.8.